The Morgan fingerprint density at radius 1 is 1.07 bits per heavy atom. The van der Waals surface area contributed by atoms with Crippen LogP contribution in [0.1, 0.15) is 44.9 Å². The van der Waals surface area contributed by atoms with Crippen LogP contribution in [0.25, 0.3) is 27.9 Å². The maximum Gasteiger partial charge on any atom is 0.490 e. The fraction of sp³-hybridized carbons (Fsp3) is 0.323. The van der Waals surface area contributed by atoms with Gasteiger partial charge in [0.15, 0.2) is 17.2 Å². The molecule has 1 unspecified atom stereocenters. The molecule has 2 aliphatic rings. The van der Waals surface area contributed by atoms with Crippen molar-refractivity contribution in [3.05, 3.63) is 59.9 Å². The Bertz CT molecular complexity index is 1730. The molecule has 6 rings (SSSR count). The van der Waals surface area contributed by atoms with Crippen molar-refractivity contribution in [1.29, 1.82) is 0 Å². The number of amides is 1. The number of carbonyl (C=O) groups is 2. The summed E-state index contributed by atoms with van der Waals surface area (Å²) >= 11 is 0. The minimum absolute atomic E-state index is 0.189. The molecule has 1 atom stereocenters. The number of aliphatic carboxylic acids is 1. The first-order valence-corrected chi connectivity index (χ1v) is 13.8. The molecule has 2 aromatic heterocycles. The van der Waals surface area contributed by atoms with Crippen LogP contribution < -0.4 is 14.3 Å². The largest absolute Gasteiger partial charge is 0.493 e. The van der Waals surface area contributed by atoms with Crippen molar-refractivity contribution in [2.45, 2.75) is 45.5 Å². The van der Waals surface area contributed by atoms with Gasteiger partial charge in [0.2, 0.25) is 0 Å². The van der Waals surface area contributed by atoms with Crippen LogP contribution in [-0.4, -0.2) is 70.3 Å². The van der Waals surface area contributed by atoms with Gasteiger partial charge >= 0.3 is 18.2 Å². The van der Waals surface area contributed by atoms with Crippen molar-refractivity contribution in [2.75, 3.05) is 20.3 Å². The zero-order chi connectivity index (χ0) is 32.9. The average Bonchev–Trinajstić information content (AvgIpc) is 3.52. The number of alkyl halides is 3. The molecule has 14 heteroatoms. The van der Waals surface area contributed by atoms with E-state index < -0.39 is 17.7 Å². The van der Waals surface area contributed by atoms with E-state index in [-0.39, 0.29) is 12.1 Å². The molecule has 0 aliphatic carbocycles. The highest BCUT2D eigenvalue weighted by Crippen LogP contribution is 2.44. The van der Waals surface area contributed by atoms with Crippen LogP contribution in [0, 0.1) is 0 Å². The molecule has 0 saturated carbocycles. The monoisotopic (exact) mass is 630 g/mol. The Balaban J connectivity index is 0.000000184. The summed E-state index contributed by atoms with van der Waals surface area (Å²) in [6.07, 6.45) is 3.89. The van der Waals surface area contributed by atoms with Gasteiger partial charge in [-0.3, -0.25) is 4.90 Å². The summed E-state index contributed by atoms with van der Waals surface area (Å²) < 4.78 is 48.7. The second-order valence-electron chi connectivity index (χ2n) is 10.9. The third-order valence-corrected chi connectivity index (χ3v) is 6.66. The molecule has 0 fully saturated rings. The van der Waals surface area contributed by atoms with E-state index in [0.717, 1.165) is 38.7 Å². The van der Waals surface area contributed by atoms with E-state index in [1.54, 1.807) is 18.2 Å². The van der Waals surface area contributed by atoms with Crippen LogP contribution in [0.2, 0.25) is 0 Å². The van der Waals surface area contributed by atoms with Gasteiger partial charge in [0.25, 0.3) is 0 Å². The van der Waals surface area contributed by atoms with E-state index in [9.17, 15) is 18.0 Å². The van der Waals surface area contributed by atoms with Crippen LogP contribution in [0.15, 0.2) is 54.0 Å². The summed E-state index contributed by atoms with van der Waals surface area (Å²) in [5, 5.41) is 13.1. The molecule has 240 valence electrons. The van der Waals surface area contributed by atoms with Gasteiger partial charge in [-0.1, -0.05) is 5.16 Å². The van der Waals surface area contributed by atoms with E-state index in [4.69, 9.17) is 28.9 Å². The lowest BCUT2D eigenvalue weighted by molar-refractivity contribution is -0.192. The van der Waals surface area contributed by atoms with Crippen molar-refractivity contribution >= 4 is 46.2 Å². The van der Waals surface area contributed by atoms with Crippen molar-refractivity contribution < 1.29 is 46.9 Å². The summed E-state index contributed by atoms with van der Waals surface area (Å²) in [6.45, 7) is 8.44. The van der Waals surface area contributed by atoms with E-state index in [1.165, 1.54) is 0 Å². The first-order chi connectivity index (χ1) is 21.2. The van der Waals surface area contributed by atoms with Crippen molar-refractivity contribution in [3.63, 3.8) is 0 Å². The molecule has 0 bridgehead atoms. The van der Waals surface area contributed by atoms with Crippen molar-refractivity contribution in [3.8, 4) is 17.2 Å². The number of nitrogens with one attached hydrogen (secondary N) is 2. The second kappa shape index (κ2) is 13.2. The number of carboxylic acids is 1. The zero-order valence-corrected chi connectivity index (χ0v) is 25.2. The molecule has 1 amide bonds. The molecule has 45 heavy (non-hydrogen) atoms. The number of hydrogen-bond acceptors (Lipinski definition) is 7. The highest BCUT2D eigenvalue weighted by Gasteiger charge is 2.38. The predicted molar refractivity (Wildman–Crippen MR) is 162 cm³/mol. The maximum atomic E-state index is 12.6. The van der Waals surface area contributed by atoms with E-state index >= 15 is 0 Å². The topological polar surface area (TPSA) is 138 Å². The Labute approximate surface area is 256 Å². The summed E-state index contributed by atoms with van der Waals surface area (Å²) in [4.78, 5) is 34.8. The van der Waals surface area contributed by atoms with Crippen LogP contribution >= 0.6 is 0 Å². The predicted octanol–water partition coefficient (Wildman–Crippen LogP) is 7.06. The number of allylic oxidation sites excluding steroid dienone is 1. The van der Waals surface area contributed by atoms with Gasteiger partial charge < -0.3 is 34.1 Å². The van der Waals surface area contributed by atoms with E-state index in [1.807, 2.05) is 82.6 Å². The van der Waals surface area contributed by atoms with E-state index in [2.05, 4.69) is 15.1 Å². The lowest BCUT2D eigenvalue weighted by Gasteiger charge is -2.30. The molecular weight excluding hydrogens is 597 g/mol. The van der Waals surface area contributed by atoms with Crippen LogP contribution in [-0.2, 0) is 9.53 Å². The van der Waals surface area contributed by atoms with Crippen LogP contribution in [0.3, 0.4) is 0 Å². The molecule has 2 aromatic carbocycles. The Kier molecular flexibility index (Phi) is 9.64. The summed E-state index contributed by atoms with van der Waals surface area (Å²) in [7, 11) is 1.62. The first-order valence-electron chi connectivity index (χ1n) is 13.8. The number of H-pyrrole nitrogens is 2. The Hall–Kier alpha value is -5.14. The molecule has 0 radical (unpaired) electrons. The number of aromatic nitrogens is 2. The van der Waals surface area contributed by atoms with Crippen molar-refractivity contribution in [1.82, 2.24) is 14.9 Å². The van der Waals surface area contributed by atoms with Gasteiger partial charge in [-0.05, 0) is 64.1 Å². The standard InChI is InChI=1S/C18H24N2O4.C11H8N2O.C2HF3O2/c1-11-15-12-6-7-19-13(12)10-14(22-5)16(15)23-9-8-20(11)17(21)24-18(2,3)4;1-2-9-8-5-7-12-10(8)3-4-11(9)14-13-6-1;3-2(4,5)1(6)7/h6-7,10-11,19H,8-9H2,1-5H3;1-7,12H;(H,6,7). The fourth-order valence-corrected chi connectivity index (χ4v) is 4.72. The number of hydrogen-bond donors (Lipinski definition) is 3. The number of nitrogens with zero attached hydrogens (tertiary/aromatic N) is 2. The summed E-state index contributed by atoms with van der Waals surface area (Å²) in [6, 6.07) is 9.67. The quantitative estimate of drug-likeness (QED) is 0.205. The third-order valence-electron chi connectivity index (χ3n) is 6.66. The molecule has 11 nitrogen and oxygen atoms in total. The summed E-state index contributed by atoms with van der Waals surface area (Å²) in [5.41, 5.74) is 3.53. The van der Waals surface area contributed by atoms with Gasteiger partial charge in [-0.25, -0.2) is 9.59 Å². The molecule has 0 saturated heterocycles. The number of halogens is 3. The van der Waals surface area contributed by atoms with Gasteiger partial charge in [-0.15, -0.1) is 0 Å². The van der Waals surface area contributed by atoms with Gasteiger partial charge in [0, 0.05) is 51.4 Å². The van der Waals surface area contributed by atoms with Crippen molar-refractivity contribution in [2.24, 2.45) is 5.16 Å². The molecule has 0 spiro atoms. The SMILES string of the molecule is C1=Cc2c(ccc3[nH]ccc23)ON=C1.COc1cc2[nH]ccc2c2c1OCCN(C(=O)OC(C)(C)C)C2C.O=C(O)C(F)(F)F. The minimum Gasteiger partial charge on any atom is -0.493 e. The van der Waals surface area contributed by atoms with Crippen LogP contribution in [0.5, 0.6) is 17.2 Å². The number of methoxy groups -OCH3 is 1. The number of oxime groups is 1. The zero-order valence-electron chi connectivity index (χ0n) is 25.2. The molecule has 4 aromatic rings. The average molecular weight is 631 g/mol. The number of aromatic amines is 2. The normalized spacial score (nSPS) is 15.6. The van der Waals surface area contributed by atoms with Crippen LogP contribution in [0.4, 0.5) is 18.0 Å². The number of rotatable bonds is 1. The van der Waals surface area contributed by atoms with Gasteiger partial charge in [0.05, 0.1) is 25.9 Å². The number of ether oxygens (including phenoxy) is 3. The highest BCUT2D eigenvalue weighted by molar-refractivity contribution is 5.94. The smallest absolute Gasteiger partial charge is 0.490 e. The number of carbonyl (C=O) groups excluding carboxylic acids is 1. The van der Waals surface area contributed by atoms with E-state index in [0.29, 0.717) is 24.7 Å². The highest BCUT2D eigenvalue weighted by atomic mass is 19.4. The Morgan fingerprint density at radius 2 is 1.73 bits per heavy atom. The number of carboxylic acid groups (broad SMARTS) is 1. The lowest BCUT2D eigenvalue weighted by atomic mass is 10.0. The second-order valence-corrected chi connectivity index (χ2v) is 10.9. The minimum atomic E-state index is -5.08. The fourth-order valence-electron chi connectivity index (χ4n) is 4.72. The third kappa shape index (κ3) is 7.69. The number of fused-ring (bicyclic) bond motifs is 6. The first kappa shape index (κ1) is 32.8. The Morgan fingerprint density at radius 3 is 2.38 bits per heavy atom. The van der Waals surface area contributed by atoms with Gasteiger partial charge in [-0.2, -0.15) is 13.2 Å². The molecule has 2 aliphatic heterocycles. The molecule has 4 heterocycles. The lowest BCUT2D eigenvalue weighted by Crippen LogP contribution is -2.39. The van der Waals surface area contributed by atoms with Gasteiger partial charge in [0.1, 0.15) is 12.2 Å². The molecular formula is C31H33F3N4O7. The maximum absolute atomic E-state index is 12.6. The number of benzene rings is 2. The summed E-state index contributed by atoms with van der Waals surface area (Å²) in [5.74, 6) is -0.601. The molecule has 3 N–H and O–H groups in total.